The summed E-state index contributed by atoms with van der Waals surface area (Å²) in [5, 5.41) is 0. The number of hydrogen-bond donors (Lipinski definition) is 0. The van der Waals surface area contributed by atoms with Crippen LogP contribution in [0.4, 0.5) is 23.8 Å². The van der Waals surface area contributed by atoms with Crippen LogP contribution in [0.25, 0.3) is 11.1 Å². The van der Waals surface area contributed by atoms with Crippen LogP contribution in [-0.2, 0) is 0 Å². The van der Waals surface area contributed by atoms with Crippen LogP contribution in [0.2, 0.25) is 0 Å². The molecule has 0 N–H and O–H groups in total. The molecule has 224 valence electrons. The van der Waals surface area contributed by atoms with Crippen molar-refractivity contribution in [1.29, 1.82) is 0 Å². The molecule has 12 heteroatoms. The molecular formula is C32H34N10O2. The van der Waals surface area contributed by atoms with E-state index in [9.17, 15) is 0 Å². The molecule has 12 nitrogen and oxygen atoms in total. The summed E-state index contributed by atoms with van der Waals surface area (Å²) in [6, 6.07) is 17.1. The lowest BCUT2D eigenvalue weighted by Gasteiger charge is -2.15. The summed E-state index contributed by atoms with van der Waals surface area (Å²) in [5.41, 5.74) is 4.92. The normalized spacial score (nSPS) is 17.0. The Labute approximate surface area is 256 Å². The van der Waals surface area contributed by atoms with E-state index in [0.717, 1.165) is 76.3 Å². The molecule has 4 aromatic rings. The maximum atomic E-state index is 6.10. The van der Waals surface area contributed by atoms with Gasteiger partial charge in [0.2, 0.25) is 23.8 Å². The number of ether oxygens (including phenoxy) is 2. The minimum absolute atomic E-state index is 0.332. The zero-order chi connectivity index (χ0) is 29.6. The minimum Gasteiger partial charge on any atom is -0.424 e. The lowest BCUT2D eigenvalue weighted by molar-refractivity contribution is 0.440. The van der Waals surface area contributed by atoms with Crippen molar-refractivity contribution in [3.8, 4) is 23.5 Å². The first-order valence-corrected chi connectivity index (χ1v) is 15.4. The Morgan fingerprint density at radius 2 is 0.773 bits per heavy atom. The Kier molecular flexibility index (Phi) is 6.61. The van der Waals surface area contributed by atoms with Gasteiger partial charge >= 0.3 is 12.0 Å². The van der Waals surface area contributed by atoms with E-state index in [0.29, 0.717) is 47.3 Å². The van der Waals surface area contributed by atoms with E-state index in [1.165, 1.54) is 11.1 Å². The van der Waals surface area contributed by atoms with Crippen LogP contribution in [0.15, 0.2) is 48.5 Å². The fraction of sp³-hybridized carbons (Fsp3) is 0.375. The third kappa shape index (κ3) is 5.79. The van der Waals surface area contributed by atoms with E-state index >= 15 is 0 Å². The number of nitrogens with zero attached hydrogens (tertiary/aromatic N) is 10. The van der Waals surface area contributed by atoms with E-state index in [-0.39, 0.29) is 0 Å². The molecule has 4 saturated heterocycles. The summed E-state index contributed by atoms with van der Waals surface area (Å²) in [5.74, 6) is 4.14. The fourth-order valence-corrected chi connectivity index (χ4v) is 5.17. The lowest BCUT2D eigenvalue weighted by Crippen LogP contribution is -2.07. The molecule has 2 aromatic carbocycles. The first kappa shape index (κ1) is 26.6. The summed E-state index contributed by atoms with van der Waals surface area (Å²) in [7, 11) is 0. The third-order valence-corrected chi connectivity index (χ3v) is 8.00. The lowest BCUT2D eigenvalue weighted by atomic mass is 9.91. The highest BCUT2D eigenvalue weighted by Gasteiger charge is 2.29. The first-order valence-electron chi connectivity index (χ1n) is 15.4. The van der Waals surface area contributed by atoms with Gasteiger partial charge in [0.1, 0.15) is 11.5 Å². The van der Waals surface area contributed by atoms with Crippen molar-refractivity contribution in [3.63, 3.8) is 0 Å². The summed E-state index contributed by atoms with van der Waals surface area (Å²) < 4.78 is 12.2. The highest BCUT2D eigenvalue weighted by atomic mass is 16.5. The molecule has 0 aliphatic carbocycles. The predicted molar refractivity (Wildman–Crippen MR) is 169 cm³/mol. The molecule has 0 spiro atoms. The van der Waals surface area contributed by atoms with Gasteiger partial charge in [-0.1, -0.05) is 38.1 Å². The monoisotopic (exact) mass is 590 g/mol. The predicted octanol–water partition coefficient (Wildman–Crippen LogP) is 4.65. The summed E-state index contributed by atoms with van der Waals surface area (Å²) in [6.07, 6.45) is 1.80. The number of allylic oxidation sites excluding steroid dienone is 2. The zero-order valence-electron chi connectivity index (χ0n) is 25.0. The Morgan fingerprint density at radius 1 is 0.477 bits per heavy atom. The Hall–Kier alpha value is -5.00. The highest BCUT2D eigenvalue weighted by Crippen LogP contribution is 2.35. The molecule has 0 radical (unpaired) electrons. The molecule has 4 aliphatic heterocycles. The molecule has 4 aliphatic rings. The molecule has 0 atom stereocenters. The number of benzene rings is 2. The zero-order valence-corrected chi connectivity index (χ0v) is 25.0. The molecule has 2 aromatic heterocycles. The minimum atomic E-state index is 0.332. The maximum absolute atomic E-state index is 6.10. The van der Waals surface area contributed by atoms with Gasteiger partial charge < -0.3 is 29.1 Å². The van der Waals surface area contributed by atoms with Gasteiger partial charge in [0.25, 0.3) is 0 Å². The van der Waals surface area contributed by atoms with Crippen molar-refractivity contribution >= 4 is 34.9 Å². The Morgan fingerprint density at radius 3 is 1.02 bits per heavy atom. The topological polar surface area (TPSA) is 108 Å². The smallest absolute Gasteiger partial charge is 0.328 e. The van der Waals surface area contributed by atoms with Crippen LogP contribution in [0, 0.1) is 0 Å². The number of rotatable bonds is 12. The average Bonchev–Trinajstić information content (AvgIpc) is 3.85. The average molecular weight is 591 g/mol. The second-order valence-electron chi connectivity index (χ2n) is 11.3. The maximum Gasteiger partial charge on any atom is 0.328 e. The van der Waals surface area contributed by atoms with Gasteiger partial charge in [-0.25, -0.2) is 0 Å². The largest absolute Gasteiger partial charge is 0.424 e. The summed E-state index contributed by atoms with van der Waals surface area (Å²) >= 11 is 0. The van der Waals surface area contributed by atoms with E-state index < -0.39 is 0 Å². The van der Waals surface area contributed by atoms with Crippen molar-refractivity contribution in [2.24, 2.45) is 0 Å². The van der Waals surface area contributed by atoms with Gasteiger partial charge in [0.05, 0.1) is 0 Å². The molecule has 6 heterocycles. The fourth-order valence-electron chi connectivity index (χ4n) is 5.17. The standard InChI is InChI=1S/C32H34N10O2/c1-3-25(21-5-9-23(10-6-21)43-31-35-27(39-13-14-39)33-28(36-31)40-15-16-40)26(4-2)22-7-11-24(12-8-22)44-32-37-29(41-17-18-41)34-30(38-32)42-19-20-42/h5-12H,3-4,13-20H2,1-2H3/b26-25+. The van der Waals surface area contributed by atoms with Crippen molar-refractivity contribution in [1.82, 2.24) is 29.9 Å². The van der Waals surface area contributed by atoms with Gasteiger partial charge in [-0.2, -0.15) is 29.9 Å². The number of hydrogen-bond acceptors (Lipinski definition) is 12. The van der Waals surface area contributed by atoms with Crippen molar-refractivity contribution in [2.75, 3.05) is 72.0 Å². The Bertz CT molecular complexity index is 1520. The number of aromatic nitrogens is 6. The van der Waals surface area contributed by atoms with Gasteiger partial charge in [0, 0.05) is 52.4 Å². The molecule has 0 bridgehead atoms. The summed E-state index contributed by atoms with van der Waals surface area (Å²) in [4.78, 5) is 35.7. The van der Waals surface area contributed by atoms with Gasteiger partial charge in [-0.15, -0.1) is 0 Å². The second kappa shape index (κ2) is 10.9. The summed E-state index contributed by atoms with van der Waals surface area (Å²) in [6.45, 7) is 12.2. The van der Waals surface area contributed by atoms with Gasteiger partial charge in [0.15, 0.2) is 0 Å². The number of anilines is 4. The molecule has 8 rings (SSSR count). The van der Waals surface area contributed by atoms with Crippen molar-refractivity contribution in [2.45, 2.75) is 26.7 Å². The van der Waals surface area contributed by atoms with Crippen molar-refractivity contribution in [3.05, 3.63) is 59.7 Å². The van der Waals surface area contributed by atoms with Crippen LogP contribution >= 0.6 is 0 Å². The molecular weight excluding hydrogens is 556 g/mol. The second-order valence-corrected chi connectivity index (χ2v) is 11.3. The quantitative estimate of drug-likeness (QED) is 0.169. The molecule has 0 amide bonds. The highest BCUT2D eigenvalue weighted by molar-refractivity contribution is 5.90. The Balaban J connectivity index is 1.000. The van der Waals surface area contributed by atoms with Gasteiger partial charge in [-0.05, 0) is 59.4 Å². The van der Waals surface area contributed by atoms with E-state index in [2.05, 4.69) is 87.6 Å². The SMILES string of the molecule is CC/C(=C(/CC)c1ccc(Oc2nc(N3CC3)nc(N3CC3)n2)cc1)c1ccc(Oc2nc(N3CC3)nc(N3CC3)n2)cc1. The van der Waals surface area contributed by atoms with Gasteiger partial charge in [-0.3, -0.25) is 0 Å². The van der Waals surface area contributed by atoms with Crippen LogP contribution in [0.3, 0.4) is 0 Å². The molecule has 4 fully saturated rings. The third-order valence-electron chi connectivity index (χ3n) is 8.00. The molecule has 0 unspecified atom stereocenters. The van der Waals surface area contributed by atoms with Crippen molar-refractivity contribution < 1.29 is 9.47 Å². The first-order chi connectivity index (χ1) is 21.6. The van der Waals surface area contributed by atoms with Crippen LogP contribution < -0.4 is 29.1 Å². The van der Waals surface area contributed by atoms with Crippen LogP contribution in [-0.4, -0.2) is 82.3 Å². The van der Waals surface area contributed by atoms with E-state index in [1.807, 2.05) is 24.3 Å². The van der Waals surface area contributed by atoms with E-state index in [1.54, 1.807) is 0 Å². The molecule has 0 saturated carbocycles. The van der Waals surface area contributed by atoms with Crippen LogP contribution in [0.1, 0.15) is 37.8 Å². The molecule has 44 heavy (non-hydrogen) atoms. The van der Waals surface area contributed by atoms with Crippen LogP contribution in [0.5, 0.6) is 23.5 Å². The van der Waals surface area contributed by atoms with E-state index in [4.69, 9.17) is 9.47 Å².